The Morgan fingerprint density at radius 1 is 0.867 bits per heavy atom. The van der Waals surface area contributed by atoms with Crippen molar-refractivity contribution in [1.29, 1.82) is 0 Å². The third-order valence-corrected chi connectivity index (χ3v) is 6.10. The Morgan fingerprint density at radius 3 is 2.67 bits per heavy atom. The van der Waals surface area contributed by atoms with Gasteiger partial charge in [0.05, 0.1) is 29.3 Å². The predicted octanol–water partition coefficient (Wildman–Crippen LogP) is 5.00. The average Bonchev–Trinajstić information content (AvgIpc) is 3.51. The van der Waals surface area contributed by atoms with Crippen LogP contribution in [0.5, 0.6) is 0 Å². The first kappa shape index (κ1) is 17.0. The molecule has 0 saturated carbocycles. The number of hydrogen-bond donors (Lipinski definition) is 2. The molecule has 30 heavy (non-hydrogen) atoms. The van der Waals surface area contributed by atoms with Crippen LogP contribution in [0.3, 0.4) is 0 Å². The van der Waals surface area contributed by atoms with Gasteiger partial charge in [0.2, 0.25) is 0 Å². The number of hydrogen-bond acceptors (Lipinski definition) is 6. The smallest absolute Gasteiger partial charge is 0.138 e. The normalized spacial score (nSPS) is 11.5. The van der Waals surface area contributed by atoms with Crippen LogP contribution in [0.2, 0.25) is 0 Å². The number of pyridine rings is 2. The number of thiophene rings is 1. The molecule has 144 valence electrons. The quantitative estimate of drug-likeness (QED) is 0.429. The molecule has 8 heteroatoms. The average molecular weight is 409 g/mol. The Hall–Kier alpha value is -3.91. The van der Waals surface area contributed by atoms with E-state index < -0.39 is 0 Å². The van der Waals surface area contributed by atoms with Crippen LogP contribution in [0.4, 0.5) is 0 Å². The number of H-pyrrole nitrogens is 2. The molecule has 6 rings (SSSR count). The second kappa shape index (κ2) is 6.57. The number of fused-ring (bicyclic) bond motifs is 2. The van der Waals surface area contributed by atoms with Crippen molar-refractivity contribution in [2.75, 3.05) is 0 Å². The van der Waals surface area contributed by atoms with Gasteiger partial charge in [-0.3, -0.25) is 20.1 Å². The minimum atomic E-state index is 0.722. The minimum absolute atomic E-state index is 0.722. The number of rotatable bonds is 3. The van der Waals surface area contributed by atoms with Crippen molar-refractivity contribution >= 4 is 33.3 Å². The summed E-state index contributed by atoms with van der Waals surface area (Å²) in [7, 11) is 0. The summed E-state index contributed by atoms with van der Waals surface area (Å²) in [4.78, 5) is 23.5. The molecule has 0 saturated heterocycles. The molecule has 0 aliphatic heterocycles. The Morgan fingerprint density at radius 2 is 1.83 bits per heavy atom. The lowest BCUT2D eigenvalue weighted by Gasteiger charge is -1.99. The van der Waals surface area contributed by atoms with Gasteiger partial charge < -0.3 is 4.98 Å². The first-order valence-corrected chi connectivity index (χ1v) is 10.2. The zero-order valence-corrected chi connectivity index (χ0v) is 16.7. The van der Waals surface area contributed by atoms with Gasteiger partial charge in [-0.1, -0.05) is 0 Å². The van der Waals surface area contributed by atoms with Crippen LogP contribution in [-0.2, 0) is 0 Å². The Kier molecular flexibility index (Phi) is 3.72. The molecule has 0 aromatic carbocycles. The van der Waals surface area contributed by atoms with Crippen LogP contribution in [0.1, 0.15) is 4.88 Å². The van der Waals surface area contributed by atoms with Crippen LogP contribution < -0.4 is 0 Å². The SMILES string of the molecule is Cc1ccc(-c2ccnc3[nH]c(-c4n[nH]c5cnc(-c6cnccn6)cc45)cc23)s1. The van der Waals surface area contributed by atoms with Gasteiger partial charge in [0, 0.05) is 44.7 Å². The van der Waals surface area contributed by atoms with Crippen LogP contribution in [0.25, 0.3) is 55.2 Å². The highest BCUT2D eigenvalue weighted by molar-refractivity contribution is 7.15. The van der Waals surface area contributed by atoms with Gasteiger partial charge in [-0.05, 0) is 37.3 Å². The van der Waals surface area contributed by atoms with E-state index >= 15 is 0 Å². The van der Waals surface area contributed by atoms with Crippen LogP contribution >= 0.6 is 11.3 Å². The monoisotopic (exact) mass is 409 g/mol. The van der Waals surface area contributed by atoms with Gasteiger partial charge in [0.25, 0.3) is 0 Å². The summed E-state index contributed by atoms with van der Waals surface area (Å²) in [5.41, 5.74) is 6.07. The summed E-state index contributed by atoms with van der Waals surface area (Å²) in [6.45, 7) is 2.12. The summed E-state index contributed by atoms with van der Waals surface area (Å²) in [5.74, 6) is 0. The molecule has 0 spiro atoms. The fourth-order valence-electron chi connectivity index (χ4n) is 3.64. The summed E-state index contributed by atoms with van der Waals surface area (Å²) in [6.07, 6.45) is 8.63. The number of aromatic nitrogens is 7. The van der Waals surface area contributed by atoms with Crippen LogP contribution in [0, 0.1) is 6.92 Å². The van der Waals surface area contributed by atoms with E-state index in [2.05, 4.69) is 66.3 Å². The van der Waals surface area contributed by atoms with Gasteiger partial charge in [-0.2, -0.15) is 5.10 Å². The van der Waals surface area contributed by atoms with Crippen molar-refractivity contribution in [3.63, 3.8) is 0 Å². The van der Waals surface area contributed by atoms with Crippen LogP contribution in [0.15, 0.2) is 61.3 Å². The molecule has 6 aromatic rings. The predicted molar refractivity (Wildman–Crippen MR) is 118 cm³/mol. The molecule has 0 aliphatic carbocycles. The fraction of sp³-hybridized carbons (Fsp3) is 0.0455. The van der Waals surface area contributed by atoms with Crippen molar-refractivity contribution in [3.05, 3.63) is 66.2 Å². The summed E-state index contributed by atoms with van der Waals surface area (Å²) in [6, 6.07) is 10.5. The summed E-state index contributed by atoms with van der Waals surface area (Å²) in [5, 5.41) is 9.66. The lowest BCUT2D eigenvalue weighted by atomic mass is 10.1. The molecule has 0 fully saturated rings. The van der Waals surface area contributed by atoms with Gasteiger partial charge in [-0.25, -0.2) is 4.98 Å². The fourth-order valence-corrected chi connectivity index (χ4v) is 4.55. The maximum Gasteiger partial charge on any atom is 0.138 e. The molecule has 6 aromatic heterocycles. The van der Waals surface area contributed by atoms with Gasteiger partial charge in [0.15, 0.2) is 0 Å². The molecule has 0 aliphatic rings. The molecule has 0 amide bonds. The second-order valence-electron chi connectivity index (χ2n) is 6.99. The molecule has 0 radical (unpaired) electrons. The summed E-state index contributed by atoms with van der Waals surface area (Å²) < 4.78 is 0. The topological polar surface area (TPSA) is 96.0 Å². The van der Waals surface area contributed by atoms with E-state index in [1.807, 2.05) is 12.3 Å². The van der Waals surface area contributed by atoms with Crippen molar-refractivity contribution in [1.82, 2.24) is 35.1 Å². The molecule has 0 atom stereocenters. The van der Waals surface area contributed by atoms with E-state index in [9.17, 15) is 0 Å². The summed E-state index contributed by atoms with van der Waals surface area (Å²) >= 11 is 1.78. The highest BCUT2D eigenvalue weighted by atomic mass is 32.1. The Labute approximate surface area is 174 Å². The zero-order chi connectivity index (χ0) is 20.1. The number of aromatic amines is 2. The lowest BCUT2D eigenvalue weighted by molar-refractivity contribution is 1.11. The standard InChI is InChI=1S/C22H15N7S/c1-12-2-3-20(30-12)13-4-5-25-22-14(13)8-17(27-22)21-15-9-16(19-10-23-6-7-24-19)26-11-18(15)28-29-21/h2-11H,1H3,(H,25,27)(H,28,29). The minimum Gasteiger partial charge on any atom is -0.338 e. The third kappa shape index (κ3) is 2.69. The van der Waals surface area contributed by atoms with Crippen LogP contribution in [-0.4, -0.2) is 35.1 Å². The van der Waals surface area contributed by atoms with E-state index in [1.54, 1.807) is 36.1 Å². The van der Waals surface area contributed by atoms with E-state index in [0.29, 0.717) is 0 Å². The molecule has 0 unspecified atom stereocenters. The number of nitrogens with zero attached hydrogens (tertiary/aromatic N) is 5. The molecule has 0 bridgehead atoms. The van der Waals surface area contributed by atoms with Crippen molar-refractivity contribution < 1.29 is 0 Å². The molecule has 2 N–H and O–H groups in total. The first-order valence-electron chi connectivity index (χ1n) is 9.42. The Bertz CT molecular complexity index is 1510. The maximum atomic E-state index is 4.54. The number of aryl methyl sites for hydroxylation is 1. The van der Waals surface area contributed by atoms with E-state index in [1.165, 1.54) is 15.3 Å². The lowest BCUT2D eigenvalue weighted by Crippen LogP contribution is -1.88. The molecular weight excluding hydrogens is 394 g/mol. The van der Waals surface area contributed by atoms with E-state index in [-0.39, 0.29) is 0 Å². The Balaban J connectivity index is 1.52. The van der Waals surface area contributed by atoms with Gasteiger partial charge in [0.1, 0.15) is 17.0 Å². The van der Waals surface area contributed by atoms with Gasteiger partial charge >= 0.3 is 0 Å². The zero-order valence-electron chi connectivity index (χ0n) is 15.9. The second-order valence-corrected chi connectivity index (χ2v) is 8.28. The largest absolute Gasteiger partial charge is 0.338 e. The maximum absolute atomic E-state index is 4.54. The van der Waals surface area contributed by atoms with Crippen molar-refractivity contribution in [2.45, 2.75) is 6.92 Å². The molecule has 7 nitrogen and oxygen atoms in total. The highest BCUT2D eigenvalue weighted by Gasteiger charge is 2.16. The molecular formula is C22H15N7S. The van der Waals surface area contributed by atoms with E-state index in [0.717, 1.165) is 44.7 Å². The third-order valence-electron chi connectivity index (χ3n) is 5.07. The molecule has 6 heterocycles. The van der Waals surface area contributed by atoms with Gasteiger partial charge in [-0.15, -0.1) is 11.3 Å². The van der Waals surface area contributed by atoms with Crippen molar-refractivity contribution in [2.24, 2.45) is 0 Å². The highest BCUT2D eigenvalue weighted by Crippen LogP contribution is 2.36. The van der Waals surface area contributed by atoms with E-state index in [4.69, 9.17) is 0 Å². The first-order chi connectivity index (χ1) is 14.8. The number of nitrogens with one attached hydrogen (secondary N) is 2. The van der Waals surface area contributed by atoms with Crippen molar-refractivity contribution in [3.8, 4) is 33.2 Å².